The largest absolute Gasteiger partial charge is 0.417 e. The lowest BCUT2D eigenvalue weighted by Crippen LogP contribution is -2.06. The van der Waals surface area contributed by atoms with E-state index in [0.29, 0.717) is 17.4 Å². The molecule has 102 valence electrons. The van der Waals surface area contributed by atoms with E-state index in [2.05, 4.69) is 0 Å². The molecule has 0 amide bonds. The van der Waals surface area contributed by atoms with Crippen LogP contribution in [0.3, 0.4) is 0 Å². The van der Waals surface area contributed by atoms with Gasteiger partial charge in [0.2, 0.25) is 0 Å². The van der Waals surface area contributed by atoms with Gasteiger partial charge in [-0.1, -0.05) is 42.5 Å². The molecule has 0 atom stereocenters. The number of carbonyl (C=O) groups is 1. The Labute approximate surface area is 114 Å². The highest BCUT2D eigenvalue weighted by Gasteiger charge is 2.33. The number of rotatable bonds is 3. The molecule has 2 aromatic rings. The number of alkyl halides is 3. The van der Waals surface area contributed by atoms with Crippen LogP contribution in [-0.4, -0.2) is 6.29 Å². The van der Waals surface area contributed by atoms with Crippen molar-refractivity contribution in [1.82, 2.24) is 0 Å². The highest BCUT2D eigenvalue weighted by Crippen LogP contribution is 2.37. The van der Waals surface area contributed by atoms with Gasteiger partial charge in [0, 0.05) is 0 Å². The van der Waals surface area contributed by atoms with Gasteiger partial charge in [0.05, 0.1) is 5.56 Å². The molecule has 1 nitrogen and oxygen atoms in total. The zero-order valence-corrected chi connectivity index (χ0v) is 10.4. The smallest absolute Gasteiger partial charge is 0.299 e. The predicted octanol–water partition coefficient (Wildman–Crippen LogP) is 4.58. The van der Waals surface area contributed by atoms with Crippen molar-refractivity contribution in [2.45, 2.75) is 6.18 Å². The minimum absolute atomic E-state index is 0.126. The van der Waals surface area contributed by atoms with E-state index in [0.717, 1.165) is 6.07 Å². The fraction of sp³-hybridized carbons (Fsp3) is 0.0625. The summed E-state index contributed by atoms with van der Waals surface area (Å²) in [6.07, 6.45) is -0.928. The van der Waals surface area contributed by atoms with E-state index in [1.165, 1.54) is 18.2 Å². The molecule has 0 saturated carbocycles. The summed E-state index contributed by atoms with van der Waals surface area (Å²) in [5, 5.41) is 0. The summed E-state index contributed by atoms with van der Waals surface area (Å²) in [5.74, 6) is 0. The van der Waals surface area contributed by atoms with Crippen molar-refractivity contribution in [3.8, 4) is 11.1 Å². The third kappa shape index (κ3) is 3.15. The minimum Gasteiger partial charge on any atom is -0.299 e. The van der Waals surface area contributed by atoms with Crippen LogP contribution in [0.15, 0.2) is 54.6 Å². The number of hydrogen-bond donors (Lipinski definition) is 0. The molecule has 0 unspecified atom stereocenters. The molecule has 0 aliphatic heterocycles. The van der Waals surface area contributed by atoms with Crippen LogP contribution in [0.2, 0.25) is 0 Å². The van der Waals surface area contributed by atoms with Crippen LogP contribution in [-0.2, 0) is 11.0 Å². The van der Waals surface area contributed by atoms with Gasteiger partial charge in [0.25, 0.3) is 0 Å². The van der Waals surface area contributed by atoms with Gasteiger partial charge in [-0.2, -0.15) is 13.2 Å². The van der Waals surface area contributed by atoms with E-state index in [1.54, 1.807) is 36.4 Å². The number of benzene rings is 2. The van der Waals surface area contributed by atoms with Crippen LogP contribution in [0.1, 0.15) is 11.1 Å². The molecule has 0 aromatic heterocycles. The SMILES string of the molecule is O=CC=Cc1cccc(-c2ccccc2C(F)(F)F)c1. The first-order chi connectivity index (χ1) is 9.52. The van der Waals surface area contributed by atoms with E-state index in [-0.39, 0.29) is 5.56 Å². The maximum atomic E-state index is 13.0. The van der Waals surface area contributed by atoms with Crippen LogP contribution in [0, 0.1) is 0 Å². The van der Waals surface area contributed by atoms with Gasteiger partial charge in [0.1, 0.15) is 6.29 Å². The fourth-order valence-electron chi connectivity index (χ4n) is 1.94. The Morgan fingerprint density at radius 2 is 1.70 bits per heavy atom. The monoisotopic (exact) mass is 276 g/mol. The van der Waals surface area contributed by atoms with Crippen LogP contribution in [0.25, 0.3) is 17.2 Å². The molecule has 0 heterocycles. The second kappa shape index (κ2) is 5.74. The lowest BCUT2D eigenvalue weighted by Gasteiger charge is -2.13. The fourth-order valence-corrected chi connectivity index (χ4v) is 1.94. The van der Waals surface area contributed by atoms with Crippen LogP contribution >= 0.6 is 0 Å². The maximum absolute atomic E-state index is 13.0. The molecule has 0 aliphatic rings. The van der Waals surface area contributed by atoms with Gasteiger partial charge < -0.3 is 0 Å². The second-order valence-corrected chi connectivity index (χ2v) is 4.16. The molecule has 4 heteroatoms. The van der Waals surface area contributed by atoms with Gasteiger partial charge >= 0.3 is 6.18 Å². The Morgan fingerprint density at radius 1 is 0.950 bits per heavy atom. The van der Waals surface area contributed by atoms with E-state index in [9.17, 15) is 18.0 Å². The predicted molar refractivity (Wildman–Crippen MR) is 72.0 cm³/mol. The van der Waals surface area contributed by atoms with Crippen molar-refractivity contribution in [3.05, 3.63) is 65.7 Å². The van der Waals surface area contributed by atoms with E-state index in [1.807, 2.05) is 0 Å². The standard InChI is InChI=1S/C16H11F3O/c17-16(18,19)15-9-2-1-8-14(15)13-7-3-5-12(11-13)6-4-10-20/h1-11H. The first-order valence-electron chi connectivity index (χ1n) is 5.91. The van der Waals surface area contributed by atoms with Crippen molar-refractivity contribution < 1.29 is 18.0 Å². The molecule has 2 aromatic carbocycles. The summed E-state index contributed by atoms with van der Waals surface area (Å²) >= 11 is 0. The summed E-state index contributed by atoms with van der Waals surface area (Å²) in [4.78, 5) is 10.3. The van der Waals surface area contributed by atoms with Crippen LogP contribution in [0.4, 0.5) is 13.2 Å². The molecule has 0 fully saturated rings. The normalized spacial score (nSPS) is 11.8. The summed E-state index contributed by atoms with van der Waals surface area (Å²) in [6, 6.07) is 12.0. The topological polar surface area (TPSA) is 17.1 Å². The van der Waals surface area contributed by atoms with Crippen molar-refractivity contribution in [1.29, 1.82) is 0 Å². The zero-order valence-electron chi connectivity index (χ0n) is 10.4. The third-order valence-electron chi connectivity index (χ3n) is 2.80. The lowest BCUT2D eigenvalue weighted by atomic mass is 9.98. The lowest BCUT2D eigenvalue weighted by molar-refractivity contribution is -0.137. The molecule has 0 radical (unpaired) electrons. The highest BCUT2D eigenvalue weighted by molar-refractivity contribution is 5.76. The molecule has 0 bridgehead atoms. The number of hydrogen-bond acceptors (Lipinski definition) is 1. The van der Waals surface area contributed by atoms with E-state index in [4.69, 9.17) is 0 Å². The average Bonchev–Trinajstić information content (AvgIpc) is 2.44. The molecule has 0 aliphatic carbocycles. The van der Waals surface area contributed by atoms with Gasteiger partial charge in [0.15, 0.2) is 0 Å². The van der Waals surface area contributed by atoms with Crippen molar-refractivity contribution in [2.75, 3.05) is 0 Å². The molecular formula is C16H11F3O. The van der Waals surface area contributed by atoms with Crippen LogP contribution in [0.5, 0.6) is 0 Å². The Hall–Kier alpha value is -2.36. The average molecular weight is 276 g/mol. The summed E-state index contributed by atoms with van der Waals surface area (Å²) < 4.78 is 38.9. The van der Waals surface area contributed by atoms with Gasteiger partial charge in [-0.3, -0.25) is 4.79 Å². The zero-order chi connectivity index (χ0) is 14.6. The minimum atomic E-state index is -4.40. The van der Waals surface area contributed by atoms with Crippen LogP contribution < -0.4 is 0 Å². The van der Waals surface area contributed by atoms with Crippen molar-refractivity contribution >= 4 is 12.4 Å². The molecular weight excluding hydrogens is 265 g/mol. The third-order valence-corrected chi connectivity index (χ3v) is 2.80. The first kappa shape index (κ1) is 14.1. The summed E-state index contributed by atoms with van der Waals surface area (Å²) in [5.41, 5.74) is 0.593. The number of halogens is 3. The van der Waals surface area contributed by atoms with Gasteiger partial charge in [-0.15, -0.1) is 0 Å². The number of carbonyl (C=O) groups excluding carboxylic acids is 1. The quantitative estimate of drug-likeness (QED) is 0.592. The summed E-state index contributed by atoms with van der Waals surface area (Å²) in [6.45, 7) is 0. The van der Waals surface area contributed by atoms with Crippen molar-refractivity contribution in [2.24, 2.45) is 0 Å². The molecule has 20 heavy (non-hydrogen) atoms. The first-order valence-corrected chi connectivity index (χ1v) is 5.91. The van der Waals surface area contributed by atoms with Crippen molar-refractivity contribution in [3.63, 3.8) is 0 Å². The Balaban J connectivity index is 2.52. The maximum Gasteiger partial charge on any atom is 0.417 e. The molecule has 0 N–H and O–H groups in total. The Bertz CT molecular complexity index is 642. The Morgan fingerprint density at radius 3 is 2.40 bits per heavy atom. The molecule has 0 saturated heterocycles. The van der Waals surface area contributed by atoms with Gasteiger partial charge in [-0.25, -0.2) is 0 Å². The van der Waals surface area contributed by atoms with E-state index < -0.39 is 11.7 Å². The van der Waals surface area contributed by atoms with Gasteiger partial charge in [-0.05, 0) is 34.9 Å². The number of allylic oxidation sites excluding steroid dienone is 1. The number of aldehydes is 1. The second-order valence-electron chi connectivity index (χ2n) is 4.16. The molecule has 0 spiro atoms. The van der Waals surface area contributed by atoms with E-state index >= 15 is 0 Å². The molecule has 2 rings (SSSR count). The highest BCUT2D eigenvalue weighted by atomic mass is 19.4. The summed E-state index contributed by atoms with van der Waals surface area (Å²) in [7, 11) is 0. The Kier molecular flexibility index (Phi) is 4.03.